The quantitative estimate of drug-likeness (QED) is 0.392. The average molecular weight is 458 g/mol. The molecule has 3 heterocycles. The summed E-state index contributed by atoms with van der Waals surface area (Å²) in [4.78, 5) is 7.06. The molecule has 3 aromatic rings. The van der Waals surface area contributed by atoms with Crippen LogP contribution in [0.4, 0.5) is 17.3 Å². The van der Waals surface area contributed by atoms with Crippen molar-refractivity contribution in [3.05, 3.63) is 53.3 Å². The second-order valence-electron chi connectivity index (χ2n) is 7.85. The largest absolute Gasteiger partial charge is 0.497 e. The number of benzene rings is 1. The Bertz CT molecular complexity index is 1240. The van der Waals surface area contributed by atoms with Crippen LogP contribution < -0.4 is 15.0 Å². The summed E-state index contributed by atoms with van der Waals surface area (Å²) in [6, 6.07) is 9.92. The number of fused-ring (bicyclic) bond motifs is 1. The molecular formula is C22H27N5O4S. The topological polar surface area (TPSA) is 110 Å². The van der Waals surface area contributed by atoms with Gasteiger partial charge in [-0.05, 0) is 56.5 Å². The maximum absolute atomic E-state index is 10.8. The Hall–Kier alpha value is -3.11. The molecule has 1 aliphatic heterocycles. The van der Waals surface area contributed by atoms with Gasteiger partial charge in [0.1, 0.15) is 17.4 Å². The fraction of sp³-hybridized carbons (Fsp3) is 0.364. The lowest BCUT2D eigenvalue weighted by Crippen LogP contribution is -2.16. The van der Waals surface area contributed by atoms with Gasteiger partial charge in [0.15, 0.2) is 0 Å². The first-order valence-corrected chi connectivity index (χ1v) is 12.0. The summed E-state index contributed by atoms with van der Waals surface area (Å²) in [7, 11) is -2.28. The summed E-state index contributed by atoms with van der Waals surface area (Å²) < 4.78 is 37.7. The van der Waals surface area contributed by atoms with Gasteiger partial charge in [-0.2, -0.15) is 13.5 Å². The molecule has 4 rings (SSSR count). The van der Waals surface area contributed by atoms with Crippen LogP contribution in [0.3, 0.4) is 0 Å². The van der Waals surface area contributed by atoms with Gasteiger partial charge in [0.25, 0.3) is 10.1 Å². The fourth-order valence-corrected chi connectivity index (χ4v) is 4.49. The van der Waals surface area contributed by atoms with Gasteiger partial charge < -0.3 is 15.0 Å². The molecule has 0 saturated carbocycles. The van der Waals surface area contributed by atoms with Crippen LogP contribution in [0.5, 0.6) is 5.75 Å². The van der Waals surface area contributed by atoms with Crippen LogP contribution in [0.15, 0.2) is 36.5 Å². The zero-order valence-corrected chi connectivity index (χ0v) is 19.2. The minimum atomic E-state index is -3.95. The monoisotopic (exact) mass is 457 g/mol. The lowest BCUT2D eigenvalue weighted by molar-refractivity contribution is 0.414. The van der Waals surface area contributed by atoms with Crippen LogP contribution >= 0.6 is 0 Å². The van der Waals surface area contributed by atoms with Crippen LogP contribution in [0, 0.1) is 13.8 Å². The van der Waals surface area contributed by atoms with E-state index in [1.165, 1.54) is 0 Å². The lowest BCUT2D eigenvalue weighted by Gasteiger charge is -2.22. The third-order valence-electron chi connectivity index (χ3n) is 5.46. The third-order valence-corrected chi connectivity index (χ3v) is 6.27. The molecule has 170 valence electrons. The summed E-state index contributed by atoms with van der Waals surface area (Å²) >= 11 is 0. The smallest absolute Gasteiger partial charge is 0.264 e. The Kier molecular flexibility index (Phi) is 6.07. The molecule has 0 aliphatic carbocycles. The second kappa shape index (κ2) is 8.79. The van der Waals surface area contributed by atoms with Gasteiger partial charge in [-0.1, -0.05) is 0 Å². The van der Waals surface area contributed by atoms with Gasteiger partial charge in [0.05, 0.1) is 18.6 Å². The fourth-order valence-electron chi connectivity index (χ4n) is 3.98. The number of nitrogens with one attached hydrogen (secondary N) is 1. The SMILES string of the molecule is COc1ccc(N2CCc3c(-n4ccc(NCCCS(=O)(=O)O)n4)cc(C)nc32)c(C)c1. The predicted molar refractivity (Wildman–Crippen MR) is 124 cm³/mol. The summed E-state index contributed by atoms with van der Waals surface area (Å²) in [5.41, 5.74) is 5.24. The Balaban J connectivity index is 1.58. The van der Waals surface area contributed by atoms with E-state index >= 15 is 0 Å². The summed E-state index contributed by atoms with van der Waals surface area (Å²) in [6.07, 6.45) is 3.02. The molecule has 0 saturated heterocycles. The van der Waals surface area contributed by atoms with Crippen molar-refractivity contribution in [2.45, 2.75) is 26.7 Å². The first-order chi connectivity index (χ1) is 15.2. The van der Waals surface area contributed by atoms with Crippen LogP contribution in [0.2, 0.25) is 0 Å². The lowest BCUT2D eigenvalue weighted by atomic mass is 10.1. The van der Waals surface area contributed by atoms with Gasteiger partial charge in [-0.3, -0.25) is 4.55 Å². The number of nitrogens with zero attached hydrogens (tertiary/aromatic N) is 4. The van der Waals surface area contributed by atoms with E-state index in [0.717, 1.165) is 52.7 Å². The predicted octanol–water partition coefficient (Wildman–Crippen LogP) is 3.28. The van der Waals surface area contributed by atoms with E-state index in [2.05, 4.69) is 28.3 Å². The molecule has 0 atom stereocenters. The zero-order valence-electron chi connectivity index (χ0n) is 18.4. The second-order valence-corrected chi connectivity index (χ2v) is 9.42. The molecule has 1 aliphatic rings. The summed E-state index contributed by atoms with van der Waals surface area (Å²) in [5.74, 6) is 2.13. The Morgan fingerprint density at radius 2 is 2.00 bits per heavy atom. The van der Waals surface area contributed by atoms with Crippen LogP contribution in [0.1, 0.15) is 23.2 Å². The molecule has 9 nitrogen and oxygen atoms in total. The van der Waals surface area contributed by atoms with Gasteiger partial charge in [-0.25, -0.2) is 9.67 Å². The van der Waals surface area contributed by atoms with Crippen molar-refractivity contribution in [2.24, 2.45) is 0 Å². The van der Waals surface area contributed by atoms with Crippen molar-refractivity contribution >= 4 is 27.4 Å². The number of pyridine rings is 1. The molecular weight excluding hydrogens is 430 g/mol. The van der Waals surface area contributed by atoms with Crippen molar-refractivity contribution in [3.63, 3.8) is 0 Å². The van der Waals surface area contributed by atoms with E-state index < -0.39 is 10.1 Å². The number of aromatic nitrogens is 3. The highest BCUT2D eigenvalue weighted by molar-refractivity contribution is 7.85. The highest BCUT2D eigenvalue weighted by atomic mass is 32.2. The van der Waals surface area contributed by atoms with Crippen molar-refractivity contribution in [1.29, 1.82) is 0 Å². The van der Waals surface area contributed by atoms with E-state index in [0.29, 0.717) is 18.8 Å². The standard InChI is InChI=1S/C22H27N5O4S/c1-15-13-17(31-3)5-6-19(15)26-10-7-18-20(14-16(2)24-22(18)26)27-11-8-21(25-27)23-9-4-12-32(28,29)30/h5-6,8,11,13-14H,4,7,9-10,12H2,1-3H3,(H,23,25)(H,28,29,30). The summed E-state index contributed by atoms with van der Waals surface area (Å²) in [6.45, 7) is 5.27. The minimum Gasteiger partial charge on any atom is -0.497 e. The van der Waals surface area contributed by atoms with E-state index in [1.807, 2.05) is 42.1 Å². The van der Waals surface area contributed by atoms with Crippen molar-refractivity contribution in [2.75, 3.05) is 36.2 Å². The number of anilines is 3. The molecule has 0 spiro atoms. The highest BCUT2D eigenvalue weighted by Gasteiger charge is 2.27. The van der Waals surface area contributed by atoms with Crippen molar-refractivity contribution < 1.29 is 17.7 Å². The van der Waals surface area contributed by atoms with E-state index in [9.17, 15) is 8.42 Å². The first-order valence-electron chi connectivity index (χ1n) is 10.4. The van der Waals surface area contributed by atoms with Crippen LogP contribution in [-0.2, 0) is 16.5 Å². The maximum Gasteiger partial charge on any atom is 0.264 e. The number of aryl methyl sites for hydroxylation is 2. The molecule has 32 heavy (non-hydrogen) atoms. The summed E-state index contributed by atoms with van der Waals surface area (Å²) in [5, 5.41) is 7.70. The molecule has 0 amide bonds. The molecule has 0 fully saturated rings. The highest BCUT2D eigenvalue weighted by Crippen LogP contribution is 2.38. The number of hydrogen-bond donors (Lipinski definition) is 2. The molecule has 0 bridgehead atoms. The van der Waals surface area contributed by atoms with Crippen molar-refractivity contribution in [1.82, 2.24) is 14.8 Å². The van der Waals surface area contributed by atoms with E-state index in [1.54, 1.807) is 7.11 Å². The molecule has 1 aromatic carbocycles. The third kappa shape index (κ3) is 4.71. The Morgan fingerprint density at radius 3 is 2.72 bits per heavy atom. The van der Waals surface area contributed by atoms with Gasteiger partial charge >= 0.3 is 0 Å². The number of methoxy groups -OCH3 is 1. The number of ether oxygens (including phenoxy) is 1. The Labute approximate surface area is 187 Å². The van der Waals surface area contributed by atoms with Crippen molar-refractivity contribution in [3.8, 4) is 11.4 Å². The molecule has 2 aromatic heterocycles. The van der Waals surface area contributed by atoms with E-state index in [-0.39, 0.29) is 5.75 Å². The average Bonchev–Trinajstić information content (AvgIpc) is 3.37. The normalized spacial score (nSPS) is 13.3. The zero-order chi connectivity index (χ0) is 22.9. The first kappa shape index (κ1) is 22.1. The van der Waals surface area contributed by atoms with E-state index in [4.69, 9.17) is 14.3 Å². The number of hydrogen-bond acceptors (Lipinski definition) is 7. The Morgan fingerprint density at radius 1 is 1.19 bits per heavy atom. The van der Waals surface area contributed by atoms with Crippen LogP contribution in [-0.4, -0.2) is 53.7 Å². The van der Waals surface area contributed by atoms with Gasteiger partial charge in [0, 0.05) is 42.3 Å². The number of rotatable bonds is 8. The minimum absolute atomic E-state index is 0.279. The molecule has 10 heteroatoms. The molecule has 2 N–H and O–H groups in total. The van der Waals surface area contributed by atoms with Gasteiger partial charge in [-0.15, -0.1) is 0 Å². The van der Waals surface area contributed by atoms with Crippen LogP contribution in [0.25, 0.3) is 5.69 Å². The van der Waals surface area contributed by atoms with Gasteiger partial charge in [0.2, 0.25) is 0 Å². The maximum atomic E-state index is 10.8. The molecule has 0 radical (unpaired) electrons. The molecule has 0 unspecified atom stereocenters.